The van der Waals surface area contributed by atoms with Gasteiger partial charge in [-0.25, -0.2) is 0 Å². The summed E-state index contributed by atoms with van der Waals surface area (Å²) in [6.07, 6.45) is 0. The minimum atomic E-state index is -0.691. The average Bonchev–Trinajstić information content (AvgIpc) is 2.42. The highest BCUT2D eigenvalue weighted by Gasteiger charge is 2.27. The van der Waals surface area contributed by atoms with Gasteiger partial charge in [0.15, 0.2) is 5.75 Å². The van der Waals surface area contributed by atoms with Crippen molar-refractivity contribution in [3.63, 3.8) is 0 Å². The number of halogens is 1. The van der Waals surface area contributed by atoms with E-state index < -0.39 is 6.04 Å². The van der Waals surface area contributed by atoms with E-state index in [2.05, 4.69) is 0 Å². The molecular formula is C11H12ClN3O2. The van der Waals surface area contributed by atoms with Gasteiger partial charge in [-0.15, -0.1) is 12.4 Å². The fourth-order valence-electron chi connectivity index (χ4n) is 1.64. The van der Waals surface area contributed by atoms with Crippen LogP contribution in [0, 0.1) is 11.3 Å². The van der Waals surface area contributed by atoms with Crippen LogP contribution >= 0.6 is 12.4 Å². The summed E-state index contributed by atoms with van der Waals surface area (Å²) < 4.78 is 5.41. The summed E-state index contributed by atoms with van der Waals surface area (Å²) in [6.45, 7) is 0.0921. The maximum atomic E-state index is 11.7. The van der Waals surface area contributed by atoms with Crippen LogP contribution in [0.2, 0.25) is 0 Å². The van der Waals surface area contributed by atoms with Crippen LogP contribution in [0.1, 0.15) is 5.56 Å². The molecule has 0 saturated heterocycles. The molecule has 0 aliphatic carbocycles. The molecule has 0 aromatic heterocycles. The quantitative estimate of drug-likeness (QED) is 0.737. The molecule has 2 N–H and O–H groups in total. The number of hydrogen-bond acceptors (Lipinski definition) is 4. The number of fused-ring (bicyclic) bond motifs is 1. The normalized spacial score (nSPS) is 18.3. The minimum absolute atomic E-state index is 0. The highest BCUT2D eigenvalue weighted by atomic mass is 35.5. The van der Waals surface area contributed by atoms with E-state index in [1.165, 1.54) is 4.90 Å². The van der Waals surface area contributed by atoms with Gasteiger partial charge in [0.1, 0.15) is 18.7 Å². The van der Waals surface area contributed by atoms with Crippen LogP contribution in [-0.2, 0) is 4.79 Å². The molecule has 0 spiro atoms. The van der Waals surface area contributed by atoms with Crippen LogP contribution in [0.4, 0.5) is 5.69 Å². The second-order valence-electron chi connectivity index (χ2n) is 3.58. The Morgan fingerprint density at radius 3 is 2.94 bits per heavy atom. The number of hydrogen-bond donors (Lipinski definition) is 1. The topological polar surface area (TPSA) is 79.3 Å². The van der Waals surface area contributed by atoms with E-state index >= 15 is 0 Å². The fourth-order valence-corrected chi connectivity index (χ4v) is 1.64. The molecule has 17 heavy (non-hydrogen) atoms. The number of para-hydroxylation sites is 1. The highest BCUT2D eigenvalue weighted by molar-refractivity contribution is 5.99. The van der Waals surface area contributed by atoms with Gasteiger partial charge in [0.2, 0.25) is 5.91 Å². The summed E-state index contributed by atoms with van der Waals surface area (Å²) >= 11 is 0. The summed E-state index contributed by atoms with van der Waals surface area (Å²) in [6, 6.07) is 6.42. The van der Waals surface area contributed by atoms with Crippen molar-refractivity contribution in [3.8, 4) is 11.8 Å². The number of nitriles is 1. The van der Waals surface area contributed by atoms with E-state index in [0.29, 0.717) is 17.0 Å². The first kappa shape index (κ1) is 13.3. The summed E-state index contributed by atoms with van der Waals surface area (Å²) in [7, 11) is 1.62. The van der Waals surface area contributed by atoms with Gasteiger partial charge in [-0.1, -0.05) is 6.07 Å². The standard InChI is InChI=1S/C11H11N3O2.ClH/c1-14-9-4-2-3-7(5-12)10(9)16-6-8(13)11(14)15;/h2-4,8H,6,13H2,1H3;1H/t8-;/m0./s1. The molecule has 0 fully saturated rings. The molecule has 0 saturated carbocycles. The van der Waals surface area contributed by atoms with Crippen molar-refractivity contribution in [2.75, 3.05) is 18.6 Å². The SMILES string of the molecule is CN1C(=O)[C@@H](N)COc2c(C#N)cccc21.Cl. The lowest BCUT2D eigenvalue weighted by molar-refractivity contribution is -0.119. The van der Waals surface area contributed by atoms with Crippen LogP contribution in [0.3, 0.4) is 0 Å². The van der Waals surface area contributed by atoms with Gasteiger partial charge in [-0.3, -0.25) is 4.79 Å². The maximum absolute atomic E-state index is 11.7. The monoisotopic (exact) mass is 253 g/mol. The lowest BCUT2D eigenvalue weighted by atomic mass is 10.1. The van der Waals surface area contributed by atoms with Crippen molar-refractivity contribution < 1.29 is 9.53 Å². The molecule has 5 nitrogen and oxygen atoms in total. The van der Waals surface area contributed by atoms with Crippen LogP contribution in [0.5, 0.6) is 5.75 Å². The second-order valence-corrected chi connectivity index (χ2v) is 3.58. The third kappa shape index (κ3) is 2.18. The third-order valence-electron chi connectivity index (χ3n) is 2.53. The molecule has 90 valence electrons. The first-order valence-electron chi connectivity index (χ1n) is 4.84. The Morgan fingerprint density at radius 2 is 2.29 bits per heavy atom. The zero-order valence-corrected chi connectivity index (χ0v) is 10.0. The number of nitrogens with two attached hydrogens (primary N) is 1. The number of carbonyl (C=O) groups excluding carboxylic acids is 1. The number of likely N-dealkylation sites (N-methyl/N-ethyl adjacent to an activating group) is 1. The Kier molecular flexibility index (Phi) is 3.94. The van der Waals surface area contributed by atoms with E-state index in [0.717, 1.165) is 0 Å². The number of ether oxygens (including phenoxy) is 1. The number of nitrogens with zero attached hydrogens (tertiary/aromatic N) is 2. The van der Waals surface area contributed by atoms with E-state index in [1.807, 2.05) is 6.07 Å². The molecule has 0 unspecified atom stereocenters. The number of rotatable bonds is 0. The lowest BCUT2D eigenvalue weighted by Crippen LogP contribution is -2.43. The van der Waals surface area contributed by atoms with Crippen LogP contribution in [0.15, 0.2) is 18.2 Å². The Balaban J connectivity index is 0.00000144. The number of anilines is 1. The molecule has 0 bridgehead atoms. The molecule has 0 radical (unpaired) electrons. The van der Waals surface area contributed by atoms with Gasteiger partial charge >= 0.3 is 0 Å². The number of amides is 1. The highest BCUT2D eigenvalue weighted by Crippen LogP contribution is 2.33. The van der Waals surface area contributed by atoms with Crippen molar-refractivity contribution in [1.82, 2.24) is 0 Å². The van der Waals surface area contributed by atoms with Crippen molar-refractivity contribution in [2.45, 2.75) is 6.04 Å². The van der Waals surface area contributed by atoms with Gasteiger partial charge in [0.05, 0.1) is 11.3 Å². The van der Waals surface area contributed by atoms with Crippen molar-refractivity contribution in [3.05, 3.63) is 23.8 Å². The Bertz CT molecular complexity index is 484. The van der Waals surface area contributed by atoms with Crippen molar-refractivity contribution >= 4 is 24.0 Å². The van der Waals surface area contributed by atoms with Crippen LogP contribution in [-0.4, -0.2) is 25.6 Å². The summed E-state index contributed by atoms with van der Waals surface area (Å²) in [4.78, 5) is 13.2. The molecule has 1 amide bonds. The van der Waals surface area contributed by atoms with Crippen LogP contribution < -0.4 is 15.4 Å². The molecule has 1 aromatic carbocycles. The molecule has 1 heterocycles. The van der Waals surface area contributed by atoms with E-state index in [4.69, 9.17) is 15.7 Å². The van der Waals surface area contributed by atoms with E-state index in [9.17, 15) is 4.79 Å². The number of benzene rings is 1. The van der Waals surface area contributed by atoms with Gasteiger partial charge in [-0.2, -0.15) is 5.26 Å². The zero-order valence-electron chi connectivity index (χ0n) is 9.21. The lowest BCUT2D eigenvalue weighted by Gasteiger charge is -2.17. The largest absolute Gasteiger partial charge is 0.488 e. The zero-order chi connectivity index (χ0) is 11.7. The Morgan fingerprint density at radius 1 is 1.59 bits per heavy atom. The summed E-state index contributed by atoms with van der Waals surface area (Å²) in [5.74, 6) is 0.211. The smallest absolute Gasteiger partial charge is 0.247 e. The van der Waals surface area contributed by atoms with Gasteiger partial charge in [0.25, 0.3) is 0 Å². The van der Waals surface area contributed by atoms with E-state index in [1.54, 1.807) is 25.2 Å². The van der Waals surface area contributed by atoms with Gasteiger partial charge in [0, 0.05) is 7.05 Å². The predicted octanol–water partition coefficient (Wildman–Crippen LogP) is 0.663. The van der Waals surface area contributed by atoms with Crippen LogP contribution in [0.25, 0.3) is 0 Å². The van der Waals surface area contributed by atoms with Gasteiger partial charge in [-0.05, 0) is 12.1 Å². The number of carbonyl (C=O) groups is 1. The van der Waals surface area contributed by atoms with Gasteiger partial charge < -0.3 is 15.4 Å². The van der Waals surface area contributed by atoms with Crippen molar-refractivity contribution in [2.24, 2.45) is 5.73 Å². The summed E-state index contributed by atoms with van der Waals surface area (Å²) in [5, 5.41) is 8.94. The fraction of sp³-hybridized carbons (Fsp3) is 0.273. The average molecular weight is 254 g/mol. The molecule has 2 rings (SSSR count). The summed E-state index contributed by atoms with van der Waals surface area (Å²) in [5.41, 5.74) is 6.63. The molecule has 6 heteroatoms. The first-order chi connectivity index (χ1) is 7.65. The molecular weight excluding hydrogens is 242 g/mol. The maximum Gasteiger partial charge on any atom is 0.247 e. The molecule has 1 aliphatic heterocycles. The first-order valence-corrected chi connectivity index (χ1v) is 4.84. The molecule has 1 aliphatic rings. The molecule has 1 aromatic rings. The predicted molar refractivity (Wildman–Crippen MR) is 65.3 cm³/mol. The molecule has 1 atom stereocenters. The third-order valence-corrected chi connectivity index (χ3v) is 2.53. The minimum Gasteiger partial charge on any atom is -0.488 e. The Labute approximate surface area is 105 Å². The second kappa shape index (κ2) is 5.04. The van der Waals surface area contributed by atoms with E-state index in [-0.39, 0.29) is 24.9 Å². The Hall–Kier alpha value is -1.77. The van der Waals surface area contributed by atoms with Crippen molar-refractivity contribution in [1.29, 1.82) is 5.26 Å².